The van der Waals surface area contributed by atoms with Gasteiger partial charge in [-0.1, -0.05) is 13.8 Å². The Kier molecular flexibility index (Phi) is 3.98. The minimum Gasteiger partial charge on any atom is -0.298 e. The van der Waals surface area contributed by atoms with E-state index in [2.05, 4.69) is 0 Å². The molecule has 0 aromatic heterocycles. The average molecular weight is 264 g/mol. The minimum atomic E-state index is -4.45. The van der Waals surface area contributed by atoms with Crippen LogP contribution in [0.2, 0.25) is 0 Å². The quantitative estimate of drug-likeness (QED) is 0.736. The van der Waals surface area contributed by atoms with E-state index < -0.39 is 47.7 Å². The molecule has 0 amide bonds. The molecule has 0 N–H and O–H groups in total. The van der Waals surface area contributed by atoms with E-state index >= 15 is 0 Å². The van der Waals surface area contributed by atoms with E-state index in [1.165, 1.54) is 0 Å². The van der Waals surface area contributed by atoms with Crippen LogP contribution in [0.5, 0.6) is 0 Å². The van der Waals surface area contributed by atoms with Gasteiger partial charge in [0.2, 0.25) is 0 Å². The number of halogens is 3. The van der Waals surface area contributed by atoms with Crippen molar-refractivity contribution in [3.63, 3.8) is 0 Å². The molecule has 1 saturated carbocycles. The van der Waals surface area contributed by atoms with Crippen LogP contribution in [0.1, 0.15) is 39.5 Å². The lowest BCUT2D eigenvalue weighted by Gasteiger charge is -2.31. The molecular formula is C12H15F3O3. The van der Waals surface area contributed by atoms with Crippen LogP contribution < -0.4 is 0 Å². The molecule has 1 rings (SSSR count). The van der Waals surface area contributed by atoms with Gasteiger partial charge in [0, 0.05) is 19.3 Å². The minimum absolute atomic E-state index is 0.0567. The van der Waals surface area contributed by atoms with E-state index in [9.17, 15) is 27.6 Å². The fraction of sp³-hybridized carbons (Fsp3) is 0.750. The first-order chi connectivity index (χ1) is 8.02. The lowest BCUT2D eigenvalue weighted by molar-refractivity contribution is -0.152. The lowest BCUT2D eigenvalue weighted by Crippen LogP contribution is -2.42. The number of rotatable bonds is 3. The first-order valence-electron chi connectivity index (χ1n) is 5.67. The Bertz CT molecular complexity index is 363. The van der Waals surface area contributed by atoms with Crippen LogP contribution in [0, 0.1) is 11.3 Å². The van der Waals surface area contributed by atoms with Crippen LogP contribution in [-0.4, -0.2) is 23.5 Å². The van der Waals surface area contributed by atoms with Crippen molar-refractivity contribution < 1.29 is 27.6 Å². The van der Waals surface area contributed by atoms with Gasteiger partial charge >= 0.3 is 6.18 Å². The van der Waals surface area contributed by atoms with E-state index in [1.807, 2.05) is 0 Å². The molecule has 6 heteroatoms. The summed E-state index contributed by atoms with van der Waals surface area (Å²) in [5, 5.41) is 0. The first-order valence-corrected chi connectivity index (χ1v) is 5.67. The van der Waals surface area contributed by atoms with Gasteiger partial charge in [-0.15, -0.1) is 0 Å². The average Bonchev–Trinajstić information content (AvgIpc) is 2.10. The fourth-order valence-electron chi connectivity index (χ4n) is 2.16. The van der Waals surface area contributed by atoms with E-state index in [0.717, 1.165) is 0 Å². The van der Waals surface area contributed by atoms with Gasteiger partial charge in [0.05, 0.1) is 6.42 Å². The Morgan fingerprint density at radius 3 is 2.06 bits per heavy atom. The summed E-state index contributed by atoms with van der Waals surface area (Å²) in [6.07, 6.45) is -6.42. The Balaban J connectivity index is 2.69. The van der Waals surface area contributed by atoms with Gasteiger partial charge < -0.3 is 0 Å². The molecule has 1 aliphatic carbocycles. The Labute approximate surface area is 103 Å². The van der Waals surface area contributed by atoms with Crippen LogP contribution in [0.25, 0.3) is 0 Å². The molecule has 0 aromatic carbocycles. The maximum Gasteiger partial charge on any atom is 0.389 e. The first kappa shape index (κ1) is 14.9. The molecule has 0 heterocycles. The molecule has 0 spiro atoms. The molecule has 0 saturated heterocycles. The molecular weight excluding hydrogens is 249 g/mol. The molecule has 102 valence electrons. The third-order valence-corrected chi connectivity index (χ3v) is 2.93. The van der Waals surface area contributed by atoms with Crippen molar-refractivity contribution in [1.82, 2.24) is 0 Å². The third-order valence-electron chi connectivity index (χ3n) is 2.93. The molecule has 1 aliphatic rings. The van der Waals surface area contributed by atoms with Crippen molar-refractivity contribution in [3.05, 3.63) is 0 Å². The fourth-order valence-corrected chi connectivity index (χ4v) is 2.16. The topological polar surface area (TPSA) is 51.2 Å². The largest absolute Gasteiger partial charge is 0.389 e. The van der Waals surface area contributed by atoms with Crippen LogP contribution >= 0.6 is 0 Å². The Morgan fingerprint density at radius 1 is 1.22 bits per heavy atom. The highest BCUT2D eigenvalue weighted by Crippen LogP contribution is 2.35. The molecule has 3 nitrogen and oxygen atoms in total. The summed E-state index contributed by atoms with van der Waals surface area (Å²) in [6.45, 7) is 3.44. The van der Waals surface area contributed by atoms with Crippen molar-refractivity contribution in [2.24, 2.45) is 11.3 Å². The normalized spacial score (nSPS) is 21.2. The van der Waals surface area contributed by atoms with Crippen molar-refractivity contribution in [1.29, 1.82) is 0 Å². The number of Topliss-reactive ketones (excluding diaryl/α,β-unsaturated/α-hetero) is 3. The molecule has 0 aromatic rings. The van der Waals surface area contributed by atoms with Crippen molar-refractivity contribution >= 4 is 17.3 Å². The zero-order chi connectivity index (χ0) is 14.1. The SMILES string of the molecule is CC1(C)CC(=O)C(C(=O)CCC(F)(F)F)C(=O)C1. The Hall–Kier alpha value is -1.20. The monoisotopic (exact) mass is 264 g/mol. The van der Waals surface area contributed by atoms with Crippen LogP contribution in [0.4, 0.5) is 13.2 Å². The van der Waals surface area contributed by atoms with Gasteiger partial charge in [-0.3, -0.25) is 14.4 Å². The molecule has 0 atom stereocenters. The van der Waals surface area contributed by atoms with E-state index in [1.54, 1.807) is 13.8 Å². The molecule has 0 radical (unpaired) electrons. The summed E-state index contributed by atoms with van der Waals surface area (Å²) < 4.78 is 35.9. The number of alkyl halides is 3. The van der Waals surface area contributed by atoms with Gasteiger partial charge in [-0.05, 0) is 5.41 Å². The smallest absolute Gasteiger partial charge is 0.298 e. The van der Waals surface area contributed by atoms with Gasteiger partial charge in [-0.25, -0.2) is 0 Å². The second-order valence-corrected chi connectivity index (χ2v) is 5.46. The van der Waals surface area contributed by atoms with Crippen molar-refractivity contribution in [3.8, 4) is 0 Å². The van der Waals surface area contributed by atoms with Gasteiger partial charge in [-0.2, -0.15) is 13.2 Å². The number of hydrogen-bond acceptors (Lipinski definition) is 3. The zero-order valence-corrected chi connectivity index (χ0v) is 10.3. The highest BCUT2D eigenvalue weighted by Gasteiger charge is 2.43. The van der Waals surface area contributed by atoms with Crippen LogP contribution in [0.15, 0.2) is 0 Å². The summed E-state index contributed by atoms with van der Waals surface area (Å²) in [5.41, 5.74) is -0.505. The van der Waals surface area contributed by atoms with Crippen LogP contribution in [0.3, 0.4) is 0 Å². The Morgan fingerprint density at radius 2 is 1.67 bits per heavy atom. The van der Waals surface area contributed by atoms with E-state index in [-0.39, 0.29) is 12.8 Å². The number of carbonyl (C=O) groups excluding carboxylic acids is 3. The predicted molar refractivity (Wildman–Crippen MR) is 56.8 cm³/mol. The molecule has 0 bridgehead atoms. The maximum atomic E-state index is 12.0. The van der Waals surface area contributed by atoms with E-state index in [4.69, 9.17) is 0 Å². The lowest BCUT2D eigenvalue weighted by atomic mass is 9.70. The van der Waals surface area contributed by atoms with Gasteiger partial charge in [0.15, 0.2) is 17.3 Å². The molecule has 18 heavy (non-hydrogen) atoms. The summed E-state index contributed by atoms with van der Waals surface area (Å²) in [6, 6.07) is 0. The second kappa shape index (κ2) is 4.82. The number of hydrogen-bond donors (Lipinski definition) is 0. The van der Waals surface area contributed by atoms with Crippen molar-refractivity contribution in [2.75, 3.05) is 0 Å². The molecule has 0 aliphatic heterocycles. The standard InChI is InChI=1S/C12H15F3O3/c1-11(2)5-8(17)10(9(18)6-11)7(16)3-4-12(13,14)15/h10H,3-6H2,1-2H3. The highest BCUT2D eigenvalue weighted by molar-refractivity contribution is 6.20. The zero-order valence-electron chi connectivity index (χ0n) is 10.3. The van der Waals surface area contributed by atoms with Crippen molar-refractivity contribution in [2.45, 2.75) is 45.7 Å². The summed E-state index contributed by atoms with van der Waals surface area (Å²) in [7, 11) is 0. The van der Waals surface area contributed by atoms with Gasteiger partial charge in [0.1, 0.15) is 5.92 Å². The summed E-state index contributed by atoms with van der Waals surface area (Å²) >= 11 is 0. The molecule has 1 fully saturated rings. The third kappa shape index (κ3) is 3.92. The second-order valence-electron chi connectivity index (χ2n) is 5.46. The summed E-state index contributed by atoms with van der Waals surface area (Å²) in [4.78, 5) is 34.9. The van der Waals surface area contributed by atoms with Crippen LogP contribution in [-0.2, 0) is 14.4 Å². The summed E-state index contributed by atoms with van der Waals surface area (Å²) in [5.74, 6) is -3.48. The number of ketones is 3. The van der Waals surface area contributed by atoms with E-state index in [0.29, 0.717) is 0 Å². The molecule has 0 unspecified atom stereocenters. The number of carbonyl (C=O) groups is 3. The highest BCUT2D eigenvalue weighted by atomic mass is 19.4. The maximum absolute atomic E-state index is 12.0. The predicted octanol–water partition coefficient (Wildman–Crippen LogP) is 2.47. The van der Waals surface area contributed by atoms with Gasteiger partial charge in [0.25, 0.3) is 0 Å².